The van der Waals surface area contributed by atoms with Crippen LogP contribution in [0.15, 0.2) is 30.3 Å². The first-order chi connectivity index (χ1) is 9.88. The lowest BCUT2D eigenvalue weighted by Gasteiger charge is -2.06. The Bertz CT molecular complexity index is 682. The number of amides is 1. The van der Waals surface area contributed by atoms with Gasteiger partial charge in [-0.05, 0) is 56.7 Å². The van der Waals surface area contributed by atoms with Gasteiger partial charge in [0.15, 0.2) is 5.78 Å². The summed E-state index contributed by atoms with van der Waals surface area (Å²) >= 11 is 0. The smallest absolute Gasteiger partial charge is 0.228 e. The summed E-state index contributed by atoms with van der Waals surface area (Å²) < 4.78 is 2.07. The molecular weight excluding hydrogens is 264 g/mol. The van der Waals surface area contributed by atoms with Crippen LogP contribution in [0.4, 0.5) is 5.69 Å². The molecule has 1 N–H and O–H groups in total. The van der Waals surface area contributed by atoms with Crippen molar-refractivity contribution in [2.45, 2.75) is 27.2 Å². The van der Waals surface area contributed by atoms with Gasteiger partial charge in [0.05, 0.1) is 6.42 Å². The summed E-state index contributed by atoms with van der Waals surface area (Å²) in [5.41, 5.74) is 4.63. The van der Waals surface area contributed by atoms with Crippen LogP contribution in [0.2, 0.25) is 0 Å². The van der Waals surface area contributed by atoms with E-state index in [0.717, 1.165) is 17.0 Å². The number of carbonyl (C=O) groups excluding carboxylic acids is 2. The molecule has 0 aliphatic heterocycles. The van der Waals surface area contributed by atoms with Crippen LogP contribution in [0, 0.1) is 13.8 Å². The molecule has 0 fully saturated rings. The summed E-state index contributed by atoms with van der Waals surface area (Å²) in [5, 5.41) is 2.85. The molecule has 1 amide bonds. The number of nitrogens with one attached hydrogen (secondary N) is 1. The maximum Gasteiger partial charge on any atom is 0.228 e. The highest BCUT2D eigenvalue weighted by Crippen LogP contribution is 2.15. The number of hydrogen-bond donors (Lipinski definition) is 1. The van der Waals surface area contributed by atoms with Crippen LogP contribution in [0.3, 0.4) is 0 Å². The van der Waals surface area contributed by atoms with E-state index in [0.29, 0.717) is 17.7 Å². The highest BCUT2D eigenvalue weighted by Gasteiger charge is 2.11. The van der Waals surface area contributed by atoms with Crippen LogP contribution in [0.25, 0.3) is 0 Å². The number of Topliss-reactive ketones (excluding diaryl/α,β-unsaturated/α-hetero) is 1. The minimum atomic E-state index is -0.0562. The maximum absolute atomic E-state index is 12.1. The predicted octanol–water partition coefficient (Wildman–Crippen LogP) is 3.03. The van der Waals surface area contributed by atoms with Crippen molar-refractivity contribution in [1.29, 1.82) is 0 Å². The molecule has 21 heavy (non-hydrogen) atoms. The SMILES string of the molecule is CC(=O)c1ccc(NC(=O)Cc2cc(C)n(C)c2C)cc1. The molecule has 0 saturated heterocycles. The first kappa shape index (κ1) is 15.0. The molecule has 0 unspecified atom stereocenters. The van der Waals surface area contributed by atoms with Crippen molar-refractivity contribution in [1.82, 2.24) is 4.57 Å². The molecule has 0 aliphatic rings. The van der Waals surface area contributed by atoms with E-state index in [1.807, 2.05) is 27.0 Å². The highest BCUT2D eigenvalue weighted by molar-refractivity contribution is 5.96. The van der Waals surface area contributed by atoms with Crippen molar-refractivity contribution in [3.8, 4) is 0 Å². The fraction of sp³-hybridized carbons (Fsp3) is 0.294. The summed E-state index contributed by atoms with van der Waals surface area (Å²) in [6.07, 6.45) is 0.349. The molecule has 1 aromatic heterocycles. The van der Waals surface area contributed by atoms with Crippen LogP contribution in [0.1, 0.15) is 34.2 Å². The van der Waals surface area contributed by atoms with Crippen LogP contribution >= 0.6 is 0 Å². The van der Waals surface area contributed by atoms with E-state index in [-0.39, 0.29) is 11.7 Å². The fourth-order valence-corrected chi connectivity index (χ4v) is 2.28. The summed E-state index contributed by atoms with van der Waals surface area (Å²) in [6.45, 7) is 5.56. The maximum atomic E-state index is 12.1. The molecule has 0 spiro atoms. The molecule has 0 aliphatic carbocycles. The minimum Gasteiger partial charge on any atom is -0.352 e. The van der Waals surface area contributed by atoms with Crippen molar-refractivity contribution in [3.05, 3.63) is 52.8 Å². The van der Waals surface area contributed by atoms with E-state index >= 15 is 0 Å². The van der Waals surface area contributed by atoms with Crippen molar-refractivity contribution in [2.24, 2.45) is 7.05 Å². The van der Waals surface area contributed by atoms with Crippen molar-refractivity contribution >= 4 is 17.4 Å². The van der Waals surface area contributed by atoms with Crippen LogP contribution < -0.4 is 5.32 Å². The Morgan fingerprint density at radius 2 is 1.76 bits per heavy atom. The van der Waals surface area contributed by atoms with E-state index in [1.165, 1.54) is 6.92 Å². The Kier molecular flexibility index (Phi) is 4.26. The largest absolute Gasteiger partial charge is 0.352 e. The van der Waals surface area contributed by atoms with Crippen LogP contribution in [0.5, 0.6) is 0 Å². The van der Waals surface area contributed by atoms with Gasteiger partial charge in [-0.15, -0.1) is 0 Å². The first-order valence-corrected chi connectivity index (χ1v) is 6.91. The number of carbonyl (C=O) groups is 2. The van der Waals surface area contributed by atoms with Gasteiger partial charge >= 0.3 is 0 Å². The molecule has 4 heteroatoms. The number of aryl methyl sites for hydroxylation is 1. The Morgan fingerprint density at radius 3 is 2.24 bits per heavy atom. The molecule has 110 valence electrons. The summed E-state index contributed by atoms with van der Waals surface area (Å²) in [6, 6.07) is 8.97. The van der Waals surface area contributed by atoms with Crippen molar-refractivity contribution < 1.29 is 9.59 Å². The molecule has 2 aromatic rings. The second-order valence-electron chi connectivity index (χ2n) is 5.31. The molecule has 4 nitrogen and oxygen atoms in total. The predicted molar refractivity (Wildman–Crippen MR) is 83.7 cm³/mol. The monoisotopic (exact) mass is 284 g/mol. The van der Waals surface area contributed by atoms with Crippen molar-refractivity contribution in [3.63, 3.8) is 0 Å². The van der Waals surface area contributed by atoms with Gasteiger partial charge in [-0.3, -0.25) is 9.59 Å². The molecule has 0 radical (unpaired) electrons. The normalized spacial score (nSPS) is 10.5. The van der Waals surface area contributed by atoms with Gasteiger partial charge in [-0.1, -0.05) is 0 Å². The molecule has 0 saturated carbocycles. The number of aromatic nitrogens is 1. The third kappa shape index (κ3) is 3.40. The van der Waals surface area contributed by atoms with E-state index in [1.54, 1.807) is 24.3 Å². The van der Waals surface area contributed by atoms with Gasteiger partial charge in [-0.2, -0.15) is 0 Å². The number of benzene rings is 1. The average molecular weight is 284 g/mol. The van der Waals surface area contributed by atoms with Crippen LogP contribution in [-0.2, 0) is 18.3 Å². The number of anilines is 1. The summed E-state index contributed by atoms with van der Waals surface area (Å²) in [4.78, 5) is 23.3. The zero-order valence-electron chi connectivity index (χ0n) is 12.9. The Morgan fingerprint density at radius 1 is 1.14 bits per heavy atom. The molecule has 1 heterocycles. The van der Waals surface area contributed by atoms with Crippen LogP contribution in [-0.4, -0.2) is 16.3 Å². The van der Waals surface area contributed by atoms with Gasteiger partial charge in [0.2, 0.25) is 5.91 Å². The van der Waals surface area contributed by atoms with E-state index in [2.05, 4.69) is 9.88 Å². The number of nitrogens with zero attached hydrogens (tertiary/aromatic N) is 1. The standard InChI is InChI=1S/C17H20N2O2/c1-11-9-15(12(2)19(11)4)10-17(21)18-16-7-5-14(6-8-16)13(3)20/h5-9H,10H2,1-4H3,(H,18,21). The lowest BCUT2D eigenvalue weighted by molar-refractivity contribution is -0.115. The van der Waals surface area contributed by atoms with Gasteiger partial charge < -0.3 is 9.88 Å². The summed E-state index contributed by atoms with van der Waals surface area (Å²) in [7, 11) is 1.99. The Hall–Kier alpha value is -2.36. The van der Waals surface area contributed by atoms with E-state index in [4.69, 9.17) is 0 Å². The highest BCUT2D eigenvalue weighted by atomic mass is 16.1. The number of rotatable bonds is 4. The summed E-state index contributed by atoms with van der Waals surface area (Å²) in [5.74, 6) is -0.0393. The fourth-order valence-electron chi connectivity index (χ4n) is 2.28. The first-order valence-electron chi connectivity index (χ1n) is 6.91. The van der Waals surface area contributed by atoms with Gasteiger partial charge in [0.25, 0.3) is 0 Å². The molecular formula is C17H20N2O2. The van der Waals surface area contributed by atoms with E-state index < -0.39 is 0 Å². The molecule has 1 aromatic carbocycles. The Balaban J connectivity index is 2.04. The van der Waals surface area contributed by atoms with Crippen molar-refractivity contribution in [2.75, 3.05) is 5.32 Å². The second kappa shape index (κ2) is 5.95. The molecule has 0 atom stereocenters. The average Bonchev–Trinajstić information content (AvgIpc) is 2.67. The minimum absolute atomic E-state index is 0.0169. The zero-order valence-corrected chi connectivity index (χ0v) is 12.9. The third-order valence-electron chi connectivity index (χ3n) is 3.81. The lowest BCUT2D eigenvalue weighted by atomic mass is 10.1. The third-order valence-corrected chi connectivity index (χ3v) is 3.81. The Labute approximate surface area is 124 Å². The van der Waals surface area contributed by atoms with Gasteiger partial charge in [-0.25, -0.2) is 0 Å². The van der Waals surface area contributed by atoms with E-state index in [9.17, 15) is 9.59 Å². The molecule has 0 bridgehead atoms. The number of ketones is 1. The second-order valence-corrected chi connectivity index (χ2v) is 5.31. The lowest BCUT2D eigenvalue weighted by Crippen LogP contribution is -2.14. The molecule has 2 rings (SSSR count). The topological polar surface area (TPSA) is 51.1 Å². The quantitative estimate of drug-likeness (QED) is 0.877. The zero-order chi connectivity index (χ0) is 15.6. The van der Waals surface area contributed by atoms with Gasteiger partial charge in [0, 0.05) is 29.7 Å². The van der Waals surface area contributed by atoms with Gasteiger partial charge in [0.1, 0.15) is 0 Å². The number of hydrogen-bond acceptors (Lipinski definition) is 2.